The molecular formula is C13H16N2OS2. The molecule has 3 rings (SSSR count). The second-order valence-corrected chi connectivity index (χ2v) is 6.45. The molecule has 96 valence electrons. The second-order valence-electron chi connectivity index (χ2n) is 4.79. The Bertz CT molecular complexity index is 640. The van der Waals surface area contributed by atoms with E-state index >= 15 is 0 Å². The number of rotatable bonds is 4. The average molecular weight is 280 g/mol. The van der Waals surface area contributed by atoms with Crippen LogP contribution >= 0.6 is 24.0 Å². The standard InChI is InChI=1S/C13H16N2OS2/c1-16-9-3-4-11-10(7-9)14-12(17)15(11)8-13(18-2)5-6-13/h3-4,7H,5-6,8H2,1-2H3,(H,14,17). The molecule has 1 N–H and O–H groups in total. The lowest BCUT2D eigenvalue weighted by molar-refractivity contribution is 0.415. The fraction of sp³-hybridized carbons (Fsp3) is 0.462. The number of nitrogens with one attached hydrogen (secondary N) is 1. The molecule has 0 spiro atoms. The van der Waals surface area contributed by atoms with Crippen molar-refractivity contribution in [2.75, 3.05) is 13.4 Å². The van der Waals surface area contributed by atoms with Crippen LogP contribution in [0, 0.1) is 4.77 Å². The van der Waals surface area contributed by atoms with Crippen molar-refractivity contribution in [1.82, 2.24) is 9.55 Å². The molecule has 1 heterocycles. The zero-order chi connectivity index (χ0) is 12.8. The van der Waals surface area contributed by atoms with Gasteiger partial charge in [0.1, 0.15) is 5.75 Å². The molecule has 0 aliphatic heterocycles. The van der Waals surface area contributed by atoms with Gasteiger partial charge in [-0.15, -0.1) is 0 Å². The fourth-order valence-electron chi connectivity index (χ4n) is 2.28. The highest BCUT2D eigenvalue weighted by molar-refractivity contribution is 8.00. The van der Waals surface area contributed by atoms with Gasteiger partial charge >= 0.3 is 0 Å². The lowest BCUT2D eigenvalue weighted by Crippen LogP contribution is -2.13. The summed E-state index contributed by atoms with van der Waals surface area (Å²) in [6.45, 7) is 0.999. The van der Waals surface area contributed by atoms with E-state index in [2.05, 4.69) is 21.9 Å². The molecule has 0 radical (unpaired) electrons. The van der Waals surface area contributed by atoms with Crippen molar-refractivity contribution in [3.8, 4) is 5.75 Å². The van der Waals surface area contributed by atoms with Crippen molar-refractivity contribution in [3.63, 3.8) is 0 Å². The van der Waals surface area contributed by atoms with Crippen LogP contribution in [0.5, 0.6) is 5.75 Å². The van der Waals surface area contributed by atoms with Gasteiger partial charge in [-0.25, -0.2) is 0 Å². The highest BCUT2D eigenvalue weighted by Crippen LogP contribution is 2.48. The molecule has 5 heteroatoms. The van der Waals surface area contributed by atoms with Gasteiger partial charge in [0, 0.05) is 17.4 Å². The average Bonchev–Trinajstić information content (AvgIpc) is 3.10. The molecule has 1 aliphatic carbocycles. The van der Waals surface area contributed by atoms with E-state index in [9.17, 15) is 0 Å². The molecule has 1 fully saturated rings. The predicted octanol–water partition coefficient (Wildman–Crippen LogP) is 3.60. The van der Waals surface area contributed by atoms with Gasteiger partial charge in [0.05, 0.1) is 18.1 Å². The molecule has 1 aromatic carbocycles. The topological polar surface area (TPSA) is 29.9 Å². The first-order valence-corrected chi connectivity index (χ1v) is 7.62. The number of ether oxygens (including phenoxy) is 1. The zero-order valence-corrected chi connectivity index (χ0v) is 12.2. The maximum atomic E-state index is 5.43. The van der Waals surface area contributed by atoms with Gasteiger partial charge in [0.2, 0.25) is 0 Å². The Hall–Kier alpha value is -0.940. The summed E-state index contributed by atoms with van der Waals surface area (Å²) in [7, 11) is 1.68. The van der Waals surface area contributed by atoms with Crippen LogP contribution in [-0.4, -0.2) is 27.7 Å². The first kappa shape index (κ1) is 12.1. The van der Waals surface area contributed by atoms with Gasteiger partial charge in [-0.2, -0.15) is 11.8 Å². The van der Waals surface area contributed by atoms with E-state index in [0.717, 1.165) is 22.6 Å². The van der Waals surface area contributed by atoms with Crippen molar-refractivity contribution in [2.24, 2.45) is 0 Å². The van der Waals surface area contributed by atoms with E-state index in [4.69, 9.17) is 17.0 Å². The lowest BCUT2D eigenvalue weighted by Gasteiger charge is -2.13. The summed E-state index contributed by atoms with van der Waals surface area (Å²) in [4.78, 5) is 3.26. The quantitative estimate of drug-likeness (QED) is 0.868. The Morgan fingerprint density at radius 1 is 1.50 bits per heavy atom. The van der Waals surface area contributed by atoms with Crippen LogP contribution in [0.3, 0.4) is 0 Å². The summed E-state index contributed by atoms with van der Waals surface area (Å²) in [5.74, 6) is 0.858. The molecule has 0 unspecified atom stereocenters. The molecular weight excluding hydrogens is 264 g/mol. The minimum Gasteiger partial charge on any atom is -0.497 e. The number of imidazole rings is 1. The zero-order valence-electron chi connectivity index (χ0n) is 10.5. The highest BCUT2D eigenvalue weighted by Gasteiger charge is 2.42. The second kappa shape index (κ2) is 4.31. The van der Waals surface area contributed by atoms with E-state index in [1.54, 1.807) is 7.11 Å². The molecule has 2 aromatic rings. The Labute approximate surface area is 116 Å². The Morgan fingerprint density at radius 2 is 2.28 bits per heavy atom. The van der Waals surface area contributed by atoms with Crippen LogP contribution in [0.2, 0.25) is 0 Å². The molecule has 18 heavy (non-hydrogen) atoms. The fourth-order valence-corrected chi connectivity index (χ4v) is 3.32. The molecule has 0 amide bonds. The summed E-state index contributed by atoms with van der Waals surface area (Å²) in [5, 5.41) is 0. The van der Waals surface area contributed by atoms with Crippen molar-refractivity contribution < 1.29 is 4.74 Å². The van der Waals surface area contributed by atoms with Crippen molar-refractivity contribution in [3.05, 3.63) is 23.0 Å². The van der Waals surface area contributed by atoms with Gasteiger partial charge in [0.25, 0.3) is 0 Å². The summed E-state index contributed by atoms with van der Waals surface area (Å²) < 4.78 is 8.67. The van der Waals surface area contributed by atoms with Gasteiger partial charge in [-0.1, -0.05) is 0 Å². The summed E-state index contributed by atoms with van der Waals surface area (Å²) >= 11 is 7.39. The highest BCUT2D eigenvalue weighted by atomic mass is 32.2. The van der Waals surface area contributed by atoms with E-state index in [-0.39, 0.29) is 0 Å². The lowest BCUT2D eigenvalue weighted by atomic mass is 10.3. The molecule has 1 aliphatic rings. The van der Waals surface area contributed by atoms with Crippen LogP contribution in [-0.2, 0) is 6.54 Å². The number of H-pyrrole nitrogens is 1. The summed E-state index contributed by atoms with van der Waals surface area (Å²) in [6, 6.07) is 6.07. The van der Waals surface area contributed by atoms with E-state index in [1.807, 2.05) is 23.9 Å². The maximum Gasteiger partial charge on any atom is 0.178 e. The predicted molar refractivity (Wildman–Crippen MR) is 79.2 cm³/mol. The molecule has 3 nitrogen and oxygen atoms in total. The molecule has 1 saturated carbocycles. The number of hydrogen-bond acceptors (Lipinski definition) is 3. The number of thioether (sulfide) groups is 1. The van der Waals surface area contributed by atoms with Crippen LogP contribution in [0.1, 0.15) is 12.8 Å². The number of nitrogens with zero attached hydrogens (tertiary/aromatic N) is 1. The number of hydrogen-bond donors (Lipinski definition) is 1. The van der Waals surface area contributed by atoms with Gasteiger partial charge in [0.15, 0.2) is 4.77 Å². The van der Waals surface area contributed by atoms with Gasteiger partial charge < -0.3 is 14.3 Å². The van der Waals surface area contributed by atoms with Gasteiger partial charge in [-0.05, 0) is 43.4 Å². The van der Waals surface area contributed by atoms with Crippen molar-refractivity contribution in [2.45, 2.75) is 24.1 Å². The van der Waals surface area contributed by atoms with Crippen molar-refractivity contribution in [1.29, 1.82) is 0 Å². The smallest absolute Gasteiger partial charge is 0.178 e. The number of fused-ring (bicyclic) bond motifs is 1. The largest absolute Gasteiger partial charge is 0.497 e. The number of aromatic nitrogens is 2. The summed E-state index contributed by atoms with van der Waals surface area (Å²) in [5.41, 5.74) is 2.22. The number of aromatic amines is 1. The van der Waals surface area contributed by atoms with Gasteiger partial charge in [-0.3, -0.25) is 0 Å². The van der Waals surface area contributed by atoms with Crippen LogP contribution < -0.4 is 4.74 Å². The third-order valence-electron chi connectivity index (χ3n) is 3.67. The Morgan fingerprint density at radius 3 is 2.89 bits per heavy atom. The molecule has 0 atom stereocenters. The Kier molecular flexibility index (Phi) is 2.90. The molecule has 0 bridgehead atoms. The molecule has 1 aromatic heterocycles. The van der Waals surface area contributed by atoms with E-state index < -0.39 is 0 Å². The first-order chi connectivity index (χ1) is 8.67. The normalized spacial score (nSPS) is 17.0. The van der Waals surface area contributed by atoms with Crippen molar-refractivity contribution >= 4 is 35.0 Å². The van der Waals surface area contributed by atoms with Crippen LogP contribution in [0.25, 0.3) is 11.0 Å². The van der Waals surface area contributed by atoms with E-state index in [0.29, 0.717) is 4.75 Å². The summed E-state index contributed by atoms with van der Waals surface area (Å²) in [6.07, 6.45) is 4.77. The number of methoxy groups -OCH3 is 1. The van der Waals surface area contributed by atoms with Crippen LogP contribution in [0.15, 0.2) is 18.2 Å². The third kappa shape index (κ3) is 1.95. The first-order valence-electron chi connectivity index (χ1n) is 5.99. The molecule has 0 saturated heterocycles. The minimum atomic E-state index is 0.410. The monoisotopic (exact) mass is 280 g/mol. The van der Waals surface area contributed by atoms with Crippen LogP contribution in [0.4, 0.5) is 0 Å². The van der Waals surface area contributed by atoms with E-state index in [1.165, 1.54) is 18.4 Å². The number of benzene rings is 1. The minimum absolute atomic E-state index is 0.410. The maximum absolute atomic E-state index is 5.43. The SMILES string of the molecule is COc1ccc2c(c1)[nH]c(=S)n2CC1(SC)CC1. The third-order valence-corrected chi connectivity index (χ3v) is 5.39. The Balaban J connectivity index is 2.06.